The van der Waals surface area contributed by atoms with Crippen LogP contribution in [0.1, 0.15) is 0 Å². The van der Waals surface area contributed by atoms with E-state index in [1.807, 2.05) is 0 Å². The molecular weight excluding hydrogens is 231 g/mol. The number of hydrogen-bond donors (Lipinski definition) is 2. The first-order valence-corrected chi connectivity index (χ1v) is 4.40. The summed E-state index contributed by atoms with van der Waals surface area (Å²) in [4.78, 5) is 0. The van der Waals surface area contributed by atoms with Crippen LogP contribution in [0.5, 0.6) is 0 Å². The summed E-state index contributed by atoms with van der Waals surface area (Å²) >= 11 is 0. The van der Waals surface area contributed by atoms with E-state index in [9.17, 15) is 16.8 Å². The Hall–Kier alpha value is 0.700. The van der Waals surface area contributed by atoms with E-state index >= 15 is 0 Å². The van der Waals surface area contributed by atoms with E-state index in [2.05, 4.69) is 13.0 Å². The topological polar surface area (TPSA) is 136 Å². The Kier molecular flexibility index (Phi) is 6.88. The van der Waals surface area contributed by atoms with Crippen molar-refractivity contribution < 1.29 is 39.6 Å². The van der Waals surface area contributed by atoms with Crippen molar-refractivity contribution in [1.29, 1.82) is 0 Å². The predicted molar refractivity (Wildman–Crippen MR) is 33.5 cm³/mol. The fraction of sp³-hybridized carbons (Fsp3) is 0. The van der Waals surface area contributed by atoms with Crippen LogP contribution in [0.25, 0.3) is 0 Å². The van der Waals surface area contributed by atoms with Gasteiger partial charge in [-0.1, -0.05) is 13.0 Å². The van der Waals surface area contributed by atoms with Gasteiger partial charge in [-0.3, -0.25) is 4.55 Å². The summed E-state index contributed by atoms with van der Waals surface area (Å²) in [5.74, 6) is 0. The molecule has 12 heteroatoms. The van der Waals surface area contributed by atoms with Crippen molar-refractivity contribution in [1.82, 2.24) is 0 Å². The molecule has 0 atom stereocenters. The first-order chi connectivity index (χ1) is 4.77. The third kappa shape index (κ3) is 8.79. The normalized spacial score (nSPS) is 12.2. The van der Waals surface area contributed by atoms with Gasteiger partial charge < -0.3 is 0 Å². The fourth-order valence-corrected chi connectivity index (χ4v) is 0.659. The summed E-state index contributed by atoms with van der Waals surface area (Å²) in [5.41, 5.74) is 0. The van der Waals surface area contributed by atoms with E-state index in [1.54, 1.807) is 0 Å². The Balaban J connectivity index is 0. The van der Waals surface area contributed by atoms with Gasteiger partial charge in [0, 0.05) is 0 Å². The van der Waals surface area contributed by atoms with Crippen molar-refractivity contribution in [2.45, 2.75) is 0 Å². The van der Waals surface area contributed by atoms with Crippen molar-refractivity contribution in [3.05, 3.63) is 0 Å². The van der Waals surface area contributed by atoms with E-state index < -0.39 is 20.8 Å². The Morgan fingerprint density at radius 3 is 1.67 bits per heavy atom. The zero-order chi connectivity index (χ0) is 9.12. The third-order valence-electron chi connectivity index (χ3n) is 0.288. The predicted octanol–water partition coefficient (Wildman–Crippen LogP) is -2.18. The molecule has 9 nitrogen and oxygen atoms in total. The number of hydrogen-bond acceptors (Lipinski definition) is 8. The molecular formula is H3NaO9S2. The van der Waals surface area contributed by atoms with Gasteiger partial charge in [0.1, 0.15) is 0 Å². The van der Waals surface area contributed by atoms with Crippen molar-refractivity contribution >= 4 is 50.4 Å². The third-order valence-corrected chi connectivity index (χ3v) is 1.03. The van der Waals surface area contributed by atoms with E-state index in [0.717, 1.165) is 0 Å². The molecule has 70 valence electrons. The van der Waals surface area contributed by atoms with Crippen LogP contribution in [0.3, 0.4) is 0 Å². The molecule has 0 aliphatic heterocycles. The molecule has 0 radical (unpaired) electrons. The molecule has 0 aromatic heterocycles. The van der Waals surface area contributed by atoms with E-state index in [0.29, 0.717) is 0 Å². The van der Waals surface area contributed by atoms with Crippen LogP contribution < -0.4 is 0 Å². The molecule has 0 aliphatic rings. The van der Waals surface area contributed by atoms with Crippen LogP contribution in [-0.2, 0) is 33.8 Å². The van der Waals surface area contributed by atoms with E-state index in [4.69, 9.17) is 9.81 Å². The number of rotatable bonds is 4. The fourth-order valence-electron chi connectivity index (χ4n) is 0.0815. The first kappa shape index (κ1) is 15.2. The van der Waals surface area contributed by atoms with E-state index in [-0.39, 0.29) is 29.6 Å². The Bertz CT molecular complexity index is 293. The summed E-state index contributed by atoms with van der Waals surface area (Å²) in [5, 5.41) is 7.42. The summed E-state index contributed by atoms with van der Waals surface area (Å²) in [6.45, 7) is 0. The van der Waals surface area contributed by atoms with Gasteiger partial charge in [-0.25, -0.2) is 5.26 Å². The second-order valence-corrected chi connectivity index (χ2v) is 3.14. The van der Waals surface area contributed by atoms with Crippen molar-refractivity contribution in [2.75, 3.05) is 0 Å². The molecule has 0 spiro atoms. The molecule has 0 rings (SSSR count). The maximum absolute atomic E-state index is 9.85. The summed E-state index contributed by atoms with van der Waals surface area (Å²) in [7, 11) is -10.0. The zero-order valence-corrected chi connectivity index (χ0v) is 6.20. The SMILES string of the molecule is O=S(=O)(O)OOS(=O)(=O)OO.[NaH]. The Morgan fingerprint density at radius 2 is 1.42 bits per heavy atom. The van der Waals surface area contributed by atoms with Crippen molar-refractivity contribution in [3.63, 3.8) is 0 Å². The second kappa shape index (κ2) is 5.43. The molecule has 12 heavy (non-hydrogen) atoms. The Morgan fingerprint density at radius 1 is 1.00 bits per heavy atom. The van der Waals surface area contributed by atoms with Crippen molar-refractivity contribution in [3.8, 4) is 0 Å². The molecule has 0 aliphatic carbocycles. The monoisotopic (exact) mass is 234 g/mol. The molecule has 0 aromatic carbocycles. The minimum atomic E-state index is -5.06. The van der Waals surface area contributed by atoms with Crippen molar-refractivity contribution in [2.24, 2.45) is 0 Å². The molecule has 0 aromatic rings. The average molecular weight is 234 g/mol. The standard InChI is InChI=1S/Na.H2O9S2.H/c;1-7-11(5,6)9-8-10(2,3)4;/h;1H,(H,2,3,4);. The van der Waals surface area contributed by atoms with Crippen LogP contribution in [-0.4, -0.2) is 56.2 Å². The zero-order valence-electron chi connectivity index (χ0n) is 4.57. The summed E-state index contributed by atoms with van der Waals surface area (Å²) in [6, 6.07) is 0. The van der Waals surface area contributed by atoms with Crippen LogP contribution in [0.2, 0.25) is 0 Å². The van der Waals surface area contributed by atoms with Gasteiger partial charge in [0.25, 0.3) is 0 Å². The van der Waals surface area contributed by atoms with Crippen LogP contribution in [0, 0.1) is 0 Å². The van der Waals surface area contributed by atoms with Gasteiger partial charge in [0.05, 0.1) is 0 Å². The quantitative estimate of drug-likeness (QED) is 0.241. The van der Waals surface area contributed by atoms with Gasteiger partial charge in [-0.15, -0.1) is 0 Å². The maximum atomic E-state index is 9.85. The molecule has 0 amide bonds. The molecule has 2 N–H and O–H groups in total. The van der Waals surface area contributed by atoms with E-state index in [1.165, 1.54) is 0 Å². The van der Waals surface area contributed by atoms with Crippen LogP contribution in [0.15, 0.2) is 0 Å². The average Bonchev–Trinajstić information content (AvgIpc) is 1.83. The second-order valence-electron chi connectivity index (χ2n) is 1.05. The van der Waals surface area contributed by atoms with Gasteiger partial charge in [-0.05, 0) is 0 Å². The van der Waals surface area contributed by atoms with Crippen LogP contribution in [0.4, 0.5) is 0 Å². The van der Waals surface area contributed by atoms with Gasteiger partial charge >= 0.3 is 50.4 Å². The molecule has 0 unspecified atom stereocenters. The first-order valence-electron chi connectivity index (χ1n) is 1.70. The summed E-state index contributed by atoms with van der Waals surface area (Å²) in [6.07, 6.45) is 0. The Labute approximate surface area is 89.7 Å². The van der Waals surface area contributed by atoms with Gasteiger partial charge in [0.15, 0.2) is 0 Å². The van der Waals surface area contributed by atoms with Gasteiger partial charge in [-0.2, -0.15) is 16.8 Å². The molecule has 0 saturated carbocycles. The molecule has 0 bridgehead atoms. The summed E-state index contributed by atoms with van der Waals surface area (Å²) < 4.78 is 54.9. The van der Waals surface area contributed by atoms with Crippen LogP contribution >= 0.6 is 0 Å². The van der Waals surface area contributed by atoms with Gasteiger partial charge in [0.2, 0.25) is 0 Å². The molecule has 0 heterocycles. The molecule has 0 saturated heterocycles. The minimum absolute atomic E-state index is 0. The molecule has 0 fully saturated rings.